The molecule has 1 N–H and O–H groups in total. The van der Waals surface area contributed by atoms with Crippen molar-refractivity contribution in [1.29, 1.82) is 0 Å². The van der Waals surface area contributed by atoms with Gasteiger partial charge in [0.25, 0.3) is 0 Å². The number of aromatic amines is 1. The number of nitrogens with one attached hydrogen (secondary N) is 1. The second kappa shape index (κ2) is 8.13. The zero-order chi connectivity index (χ0) is 18.5. The van der Waals surface area contributed by atoms with Crippen LogP contribution in [0.5, 0.6) is 0 Å². The summed E-state index contributed by atoms with van der Waals surface area (Å²) in [6.45, 7) is 2.00. The predicted octanol–water partition coefficient (Wildman–Crippen LogP) is 3.89. The van der Waals surface area contributed by atoms with Crippen molar-refractivity contribution in [2.75, 3.05) is 7.11 Å². The van der Waals surface area contributed by atoms with E-state index in [0.29, 0.717) is 11.3 Å². The first-order valence-electron chi connectivity index (χ1n) is 9.04. The summed E-state index contributed by atoms with van der Waals surface area (Å²) in [5.74, 6) is -0.564. The Hall–Kier alpha value is -2.69. The van der Waals surface area contributed by atoms with Crippen molar-refractivity contribution in [2.45, 2.75) is 45.1 Å². The van der Waals surface area contributed by atoms with Crippen LogP contribution in [0, 0.1) is 6.92 Å². The number of hydrogen-bond donors (Lipinski definition) is 1. The highest BCUT2D eigenvalue weighted by Gasteiger charge is 2.16. The molecule has 136 valence electrons. The van der Waals surface area contributed by atoms with Gasteiger partial charge in [0.2, 0.25) is 0 Å². The van der Waals surface area contributed by atoms with Crippen LogP contribution in [0.2, 0.25) is 0 Å². The average molecular weight is 352 g/mol. The number of nitrogens with zero attached hydrogens (tertiary/aromatic N) is 1. The largest absolute Gasteiger partial charge is 0.464 e. The summed E-state index contributed by atoms with van der Waals surface area (Å²) >= 11 is 0. The number of methoxy groups -OCH3 is 1. The maximum atomic E-state index is 12.7. The van der Waals surface area contributed by atoms with Crippen molar-refractivity contribution in [2.24, 2.45) is 4.99 Å². The minimum absolute atomic E-state index is 0.142. The van der Waals surface area contributed by atoms with Crippen LogP contribution in [-0.2, 0) is 4.74 Å². The van der Waals surface area contributed by atoms with E-state index in [9.17, 15) is 9.59 Å². The molecule has 1 aromatic heterocycles. The molecule has 26 heavy (non-hydrogen) atoms. The highest BCUT2D eigenvalue weighted by Crippen LogP contribution is 2.22. The normalized spacial score (nSPS) is 15.3. The molecule has 0 amide bonds. The summed E-state index contributed by atoms with van der Waals surface area (Å²) < 4.78 is 4.75. The Bertz CT molecular complexity index is 860. The monoisotopic (exact) mass is 352 g/mol. The third kappa shape index (κ3) is 4.10. The van der Waals surface area contributed by atoms with Gasteiger partial charge in [0.05, 0.1) is 18.4 Å². The number of carbonyl (C=O) groups is 1. The van der Waals surface area contributed by atoms with Gasteiger partial charge in [-0.15, -0.1) is 0 Å². The van der Waals surface area contributed by atoms with Gasteiger partial charge >= 0.3 is 5.97 Å². The quantitative estimate of drug-likeness (QED) is 0.670. The van der Waals surface area contributed by atoms with Gasteiger partial charge in [-0.3, -0.25) is 9.79 Å². The number of H-pyrrole nitrogens is 1. The molecular formula is C21H24N2O3. The summed E-state index contributed by atoms with van der Waals surface area (Å²) in [4.78, 5) is 32.3. The summed E-state index contributed by atoms with van der Waals surface area (Å²) in [6.07, 6.45) is 7.43. The Kier molecular flexibility index (Phi) is 5.66. The van der Waals surface area contributed by atoms with E-state index in [1.54, 1.807) is 6.21 Å². The van der Waals surface area contributed by atoms with Crippen LogP contribution in [0.25, 0.3) is 11.3 Å². The smallest absolute Gasteiger partial charge is 0.354 e. The van der Waals surface area contributed by atoms with Gasteiger partial charge in [0, 0.05) is 18.3 Å². The molecule has 0 atom stereocenters. The molecule has 1 aromatic carbocycles. The molecule has 0 spiro atoms. The molecule has 1 fully saturated rings. The first-order chi connectivity index (χ1) is 12.6. The van der Waals surface area contributed by atoms with Crippen molar-refractivity contribution in [3.63, 3.8) is 0 Å². The van der Waals surface area contributed by atoms with E-state index in [1.165, 1.54) is 32.4 Å². The third-order valence-corrected chi connectivity index (χ3v) is 4.80. The van der Waals surface area contributed by atoms with E-state index >= 15 is 0 Å². The molecule has 1 saturated carbocycles. The Morgan fingerprint density at radius 1 is 1.19 bits per heavy atom. The van der Waals surface area contributed by atoms with Crippen LogP contribution < -0.4 is 5.43 Å². The number of ether oxygens (including phenoxy) is 1. The van der Waals surface area contributed by atoms with Gasteiger partial charge in [-0.25, -0.2) is 4.79 Å². The minimum Gasteiger partial charge on any atom is -0.464 e. The summed E-state index contributed by atoms with van der Waals surface area (Å²) in [7, 11) is 1.30. The molecule has 0 bridgehead atoms. The van der Waals surface area contributed by atoms with Gasteiger partial charge < -0.3 is 9.72 Å². The summed E-state index contributed by atoms with van der Waals surface area (Å²) in [5.41, 5.74) is 2.94. The molecule has 1 heterocycles. The second-order valence-corrected chi connectivity index (χ2v) is 6.76. The molecule has 0 radical (unpaired) electrons. The lowest BCUT2D eigenvalue weighted by Crippen LogP contribution is -2.18. The summed E-state index contributed by atoms with van der Waals surface area (Å²) in [5, 5.41) is 0. The number of aromatic nitrogens is 1. The fourth-order valence-electron chi connectivity index (χ4n) is 3.28. The molecule has 5 heteroatoms. The molecule has 0 aliphatic heterocycles. The first kappa shape index (κ1) is 18.1. The molecule has 1 aliphatic rings. The van der Waals surface area contributed by atoms with Crippen molar-refractivity contribution in [1.82, 2.24) is 4.98 Å². The minimum atomic E-state index is -0.564. The Morgan fingerprint density at radius 2 is 1.88 bits per heavy atom. The maximum Gasteiger partial charge on any atom is 0.354 e. The SMILES string of the molecule is COC(=O)c1cc(=O)c(C=NC2CCCCC2)c(-c2ccc(C)cc2)[nH]1. The molecule has 5 nitrogen and oxygen atoms in total. The lowest BCUT2D eigenvalue weighted by molar-refractivity contribution is 0.0594. The maximum absolute atomic E-state index is 12.7. The van der Waals surface area contributed by atoms with E-state index in [1.807, 2.05) is 31.2 Å². The van der Waals surface area contributed by atoms with Crippen molar-refractivity contribution in [3.8, 4) is 11.3 Å². The van der Waals surface area contributed by atoms with Crippen LogP contribution >= 0.6 is 0 Å². The fraction of sp³-hybridized carbons (Fsp3) is 0.381. The van der Waals surface area contributed by atoms with Crippen LogP contribution in [-0.4, -0.2) is 30.3 Å². The van der Waals surface area contributed by atoms with Crippen LogP contribution in [0.3, 0.4) is 0 Å². The van der Waals surface area contributed by atoms with Gasteiger partial charge in [-0.2, -0.15) is 0 Å². The first-order valence-corrected chi connectivity index (χ1v) is 9.04. The zero-order valence-electron chi connectivity index (χ0n) is 15.2. The molecule has 2 aromatic rings. The number of aliphatic imine (C=N–C) groups is 1. The Balaban J connectivity index is 2.06. The number of rotatable bonds is 4. The van der Waals surface area contributed by atoms with Crippen molar-refractivity contribution >= 4 is 12.2 Å². The number of pyridine rings is 1. The highest BCUT2D eigenvalue weighted by atomic mass is 16.5. The standard InChI is InChI=1S/C21H24N2O3/c1-14-8-10-15(11-9-14)20-17(13-22-16-6-4-3-5-7-16)19(24)12-18(23-20)21(25)26-2/h8-13,16H,3-7H2,1-2H3,(H,23,24). The molecule has 0 unspecified atom stereocenters. The molecule has 1 aliphatic carbocycles. The van der Waals surface area contributed by atoms with Crippen molar-refractivity contribution in [3.05, 3.63) is 57.4 Å². The predicted molar refractivity (Wildman–Crippen MR) is 103 cm³/mol. The van der Waals surface area contributed by atoms with E-state index in [-0.39, 0.29) is 17.2 Å². The Morgan fingerprint density at radius 3 is 2.54 bits per heavy atom. The average Bonchev–Trinajstić information content (AvgIpc) is 2.67. The number of esters is 1. The lowest BCUT2D eigenvalue weighted by atomic mass is 9.96. The number of hydrogen-bond acceptors (Lipinski definition) is 4. The number of benzene rings is 1. The van der Waals surface area contributed by atoms with Crippen LogP contribution in [0.4, 0.5) is 0 Å². The fourth-order valence-corrected chi connectivity index (χ4v) is 3.28. The van der Waals surface area contributed by atoms with Gasteiger partial charge in [0.1, 0.15) is 5.69 Å². The molecule has 0 saturated heterocycles. The lowest BCUT2D eigenvalue weighted by Gasteiger charge is -2.17. The zero-order valence-corrected chi connectivity index (χ0v) is 15.2. The topological polar surface area (TPSA) is 71.5 Å². The van der Waals surface area contributed by atoms with E-state index in [2.05, 4.69) is 9.98 Å². The van der Waals surface area contributed by atoms with E-state index in [0.717, 1.165) is 24.0 Å². The van der Waals surface area contributed by atoms with Crippen LogP contribution in [0.1, 0.15) is 53.7 Å². The van der Waals surface area contributed by atoms with Crippen molar-refractivity contribution < 1.29 is 9.53 Å². The second-order valence-electron chi connectivity index (χ2n) is 6.76. The van der Waals surface area contributed by atoms with E-state index < -0.39 is 5.97 Å². The highest BCUT2D eigenvalue weighted by molar-refractivity contribution is 5.93. The molecule has 3 rings (SSSR count). The third-order valence-electron chi connectivity index (χ3n) is 4.80. The number of aryl methyl sites for hydroxylation is 1. The van der Waals surface area contributed by atoms with E-state index in [4.69, 9.17) is 4.74 Å². The Labute approximate surface area is 153 Å². The summed E-state index contributed by atoms with van der Waals surface area (Å²) in [6, 6.07) is 9.36. The number of carbonyl (C=O) groups excluding carboxylic acids is 1. The molecular weight excluding hydrogens is 328 g/mol. The van der Waals surface area contributed by atoms with Gasteiger partial charge in [-0.1, -0.05) is 49.1 Å². The van der Waals surface area contributed by atoms with Gasteiger partial charge in [0.15, 0.2) is 5.43 Å². The van der Waals surface area contributed by atoms with Gasteiger partial charge in [-0.05, 0) is 25.3 Å². The van der Waals surface area contributed by atoms with Crippen LogP contribution in [0.15, 0.2) is 40.1 Å².